The van der Waals surface area contributed by atoms with E-state index in [4.69, 9.17) is 18.9 Å². The quantitative estimate of drug-likeness (QED) is 0.315. The second-order valence-electron chi connectivity index (χ2n) is 6.88. The molecule has 6 nitrogen and oxygen atoms in total. The van der Waals surface area contributed by atoms with Gasteiger partial charge in [-0.25, -0.2) is 4.79 Å². The number of benzene rings is 3. The van der Waals surface area contributed by atoms with E-state index >= 15 is 0 Å². The van der Waals surface area contributed by atoms with Gasteiger partial charge in [0.1, 0.15) is 11.5 Å². The lowest BCUT2D eigenvalue weighted by Crippen LogP contribution is -2.03. The van der Waals surface area contributed by atoms with E-state index in [2.05, 4.69) is 0 Å². The summed E-state index contributed by atoms with van der Waals surface area (Å²) in [5, 5.41) is 0. The summed E-state index contributed by atoms with van der Waals surface area (Å²) in [4.78, 5) is 24.8. The summed E-state index contributed by atoms with van der Waals surface area (Å²) in [7, 11) is 3.10. The third-order valence-corrected chi connectivity index (χ3v) is 4.78. The van der Waals surface area contributed by atoms with Crippen LogP contribution in [0.5, 0.6) is 23.0 Å². The molecule has 0 radical (unpaired) electrons. The summed E-state index contributed by atoms with van der Waals surface area (Å²) in [5.41, 5.74) is 2.00. The molecule has 0 atom stereocenters. The van der Waals surface area contributed by atoms with E-state index in [1.54, 1.807) is 56.7 Å². The predicted molar refractivity (Wildman–Crippen MR) is 120 cm³/mol. The lowest BCUT2D eigenvalue weighted by Gasteiger charge is -2.08. The first-order chi connectivity index (χ1) is 15.6. The molecule has 1 aliphatic rings. The molecule has 0 bridgehead atoms. The lowest BCUT2D eigenvalue weighted by atomic mass is 10.1. The Kier molecular flexibility index (Phi) is 6.03. The van der Waals surface area contributed by atoms with Gasteiger partial charge < -0.3 is 18.9 Å². The summed E-state index contributed by atoms with van der Waals surface area (Å²) in [6.07, 6.45) is 4.63. The number of methoxy groups -OCH3 is 2. The van der Waals surface area contributed by atoms with Crippen LogP contribution in [0.1, 0.15) is 21.5 Å². The van der Waals surface area contributed by atoms with Gasteiger partial charge in [0.25, 0.3) is 0 Å². The number of carbonyl (C=O) groups is 2. The Bertz CT molecular complexity index is 1220. The van der Waals surface area contributed by atoms with E-state index in [0.29, 0.717) is 22.8 Å². The van der Waals surface area contributed by atoms with E-state index in [0.717, 1.165) is 11.1 Å². The van der Waals surface area contributed by atoms with Crippen LogP contribution in [-0.4, -0.2) is 26.0 Å². The first kappa shape index (κ1) is 20.9. The SMILES string of the molecule is COc1ccc(/C=C2\Oc3cc(OC(=O)/C=C/c4ccccc4)ccc3C2=O)cc1OC. The van der Waals surface area contributed by atoms with Crippen LogP contribution in [0.15, 0.2) is 78.6 Å². The summed E-state index contributed by atoms with van der Waals surface area (Å²) in [6, 6.07) is 19.4. The van der Waals surface area contributed by atoms with E-state index in [9.17, 15) is 9.59 Å². The molecule has 0 saturated heterocycles. The van der Waals surface area contributed by atoms with Gasteiger partial charge in [0.2, 0.25) is 5.78 Å². The molecule has 0 saturated carbocycles. The highest BCUT2D eigenvalue weighted by atomic mass is 16.5. The molecule has 0 aromatic heterocycles. The van der Waals surface area contributed by atoms with Crippen LogP contribution in [0.25, 0.3) is 12.2 Å². The molecular weight excluding hydrogens is 408 g/mol. The van der Waals surface area contributed by atoms with Crippen LogP contribution in [0, 0.1) is 0 Å². The molecule has 32 heavy (non-hydrogen) atoms. The molecule has 6 heteroatoms. The number of rotatable bonds is 6. The Morgan fingerprint density at radius 1 is 0.875 bits per heavy atom. The van der Waals surface area contributed by atoms with Crippen molar-refractivity contribution < 1.29 is 28.5 Å². The van der Waals surface area contributed by atoms with Crippen LogP contribution in [0.4, 0.5) is 0 Å². The lowest BCUT2D eigenvalue weighted by molar-refractivity contribution is -0.128. The minimum absolute atomic E-state index is 0.166. The maximum Gasteiger partial charge on any atom is 0.336 e. The standard InChI is InChI=1S/C26H20O6/c1-29-21-12-8-18(14-23(21)30-2)15-24-26(28)20-11-10-19(16-22(20)32-24)31-25(27)13-9-17-6-4-3-5-7-17/h3-16H,1-2H3/b13-9+,24-15-. The minimum atomic E-state index is -0.529. The van der Waals surface area contributed by atoms with E-state index in [1.807, 2.05) is 30.3 Å². The zero-order chi connectivity index (χ0) is 22.5. The molecule has 0 amide bonds. The maximum absolute atomic E-state index is 12.7. The summed E-state index contributed by atoms with van der Waals surface area (Å²) in [6.45, 7) is 0. The van der Waals surface area contributed by atoms with Crippen LogP contribution in [0.2, 0.25) is 0 Å². The number of hydrogen-bond acceptors (Lipinski definition) is 6. The molecule has 160 valence electrons. The Morgan fingerprint density at radius 3 is 2.41 bits per heavy atom. The van der Waals surface area contributed by atoms with Gasteiger partial charge >= 0.3 is 5.97 Å². The van der Waals surface area contributed by atoms with Crippen molar-refractivity contribution in [3.63, 3.8) is 0 Å². The first-order valence-electron chi connectivity index (χ1n) is 9.82. The number of esters is 1. The van der Waals surface area contributed by atoms with Crippen molar-refractivity contribution in [1.82, 2.24) is 0 Å². The van der Waals surface area contributed by atoms with Crippen LogP contribution < -0.4 is 18.9 Å². The van der Waals surface area contributed by atoms with Crippen molar-refractivity contribution in [2.24, 2.45) is 0 Å². The zero-order valence-corrected chi connectivity index (χ0v) is 17.5. The van der Waals surface area contributed by atoms with E-state index in [1.165, 1.54) is 12.1 Å². The molecule has 4 rings (SSSR count). The zero-order valence-electron chi connectivity index (χ0n) is 17.5. The van der Waals surface area contributed by atoms with Crippen molar-refractivity contribution in [1.29, 1.82) is 0 Å². The average molecular weight is 428 g/mol. The molecule has 0 fully saturated rings. The highest BCUT2D eigenvalue weighted by Crippen LogP contribution is 2.36. The number of hydrogen-bond donors (Lipinski definition) is 0. The molecule has 0 unspecified atom stereocenters. The van der Waals surface area contributed by atoms with Crippen LogP contribution >= 0.6 is 0 Å². The van der Waals surface area contributed by atoms with Crippen molar-refractivity contribution in [3.05, 3.63) is 95.3 Å². The van der Waals surface area contributed by atoms with Gasteiger partial charge in [0.05, 0.1) is 19.8 Å². The summed E-state index contributed by atoms with van der Waals surface area (Å²) in [5.74, 6) is 1.13. The fraction of sp³-hybridized carbons (Fsp3) is 0.0769. The van der Waals surface area contributed by atoms with Gasteiger partial charge in [-0.05, 0) is 47.5 Å². The molecule has 3 aromatic carbocycles. The van der Waals surface area contributed by atoms with Crippen molar-refractivity contribution in [2.45, 2.75) is 0 Å². The summed E-state index contributed by atoms with van der Waals surface area (Å²) >= 11 is 0. The van der Waals surface area contributed by atoms with Crippen molar-refractivity contribution >= 4 is 23.9 Å². The number of ether oxygens (including phenoxy) is 4. The molecule has 0 spiro atoms. The second-order valence-corrected chi connectivity index (χ2v) is 6.88. The van der Waals surface area contributed by atoms with Crippen molar-refractivity contribution in [3.8, 4) is 23.0 Å². The largest absolute Gasteiger partial charge is 0.493 e. The minimum Gasteiger partial charge on any atom is -0.493 e. The topological polar surface area (TPSA) is 71.1 Å². The molecule has 1 heterocycles. The van der Waals surface area contributed by atoms with Gasteiger partial charge in [-0.2, -0.15) is 0 Å². The Morgan fingerprint density at radius 2 is 1.66 bits per heavy atom. The Hall–Kier alpha value is -4.32. The third kappa shape index (κ3) is 4.54. The Balaban J connectivity index is 1.49. The normalized spacial score (nSPS) is 13.7. The van der Waals surface area contributed by atoms with Crippen LogP contribution in [0.3, 0.4) is 0 Å². The van der Waals surface area contributed by atoms with Crippen LogP contribution in [-0.2, 0) is 4.79 Å². The number of carbonyl (C=O) groups excluding carboxylic acids is 2. The highest BCUT2D eigenvalue weighted by Gasteiger charge is 2.28. The predicted octanol–water partition coefficient (Wildman–Crippen LogP) is 4.94. The molecule has 0 N–H and O–H groups in total. The third-order valence-electron chi connectivity index (χ3n) is 4.78. The van der Waals surface area contributed by atoms with Gasteiger partial charge in [0.15, 0.2) is 17.3 Å². The van der Waals surface area contributed by atoms with E-state index in [-0.39, 0.29) is 17.3 Å². The van der Waals surface area contributed by atoms with Gasteiger partial charge in [0, 0.05) is 12.1 Å². The fourth-order valence-corrected chi connectivity index (χ4v) is 3.20. The molecular formula is C26H20O6. The molecule has 1 aliphatic heterocycles. The van der Waals surface area contributed by atoms with E-state index < -0.39 is 5.97 Å². The number of ketones is 1. The number of allylic oxidation sites excluding steroid dienone is 1. The van der Waals surface area contributed by atoms with Gasteiger partial charge in [-0.3, -0.25) is 4.79 Å². The van der Waals surface area contributed by atoms with Gasteiger partial charge in [-0.15, -0.1) is 0 Å². The monoisotopic (exact) mass is 428 g/mol. The summed E-state index contributed by atoms with van der Waals surface area (Å²) < 4.78 is 21.6. The highest BCUT2D eigenvalue weighted by molar-refractivity contribution is 6.14. The average Bonchev–Trinajstić information content (AvgIpc) is 3.12. The Labute approximate surface area is 185 Å². The van der Waals surface area contributed by atoms with Crippen molar-refractivity contribution in [2.75, 3.05) is 14.2 Å². The number of Topliss-reactive ketones (excluding diaryl/α,β-unsaturated/α-hetero) is 1. The second kappa shape index (κ2) is 9.22. The molecule has 0 aliphatic carbocycles. The first-order valence-corrected chi connectivity index (χ1v) is 9.82. The fourth-order valence-electron chi connectivity index (χ4n) is 3.20. The molecule has 3 aromatic rings. The van der Waals surface area contributed by atoms with Gasteiger partial charge in [-0.1, -0.05) is 36.4 Å². The maximum atomic E-state index is 12.7. The smallest absolute Gasteiger partial charge is 0.336 e. The number of fused-ring (bicyclic) bond motifs is 1.